The Balaban J connectivity index is 2.09. The van der Waals surface area contributed by atoms with Crippen LogP contribution in [-0.4, -0.2) is 26.0 Å². The normalized spacial score (nSPS) is 11.1. The monoisotopic (exact) mass is 288 g/mol. The molecule has 0 unspecified atom stereocenters. The highest BCUT2D eigenvalue weighted by atomic mass is 35.5. The lowest BCUT2D eigenvalue weighted by Crippen LogP contribution is -2.02. The number of ether oxygens (including phenoxy) is 1. The van der Waals surface area contributed by atoms with E-state index in [1.807, 2.05) is 35.7 Å². The van der Waals surface area contributed by atoms with Crippen LogP contribution in [0.4, 0.5) is 0 Å². The number of halogens is 1. The molecular formula is C14H13ClN4O. The summed E-state index contributed by atoms with van der Waals surface area (Å²) in [4.78, 5) is 12.9. The molecule has 5 nitrogen and oxygen atoms in total. The zero-order valence-corrected chi connectivity index (χ0v) is 11.7. The Labute approximate surface area is 121 Å². The van der Waals surface area contributed by atoms with Gasteiger partial charge >= 0.3 is 0 Å². The Bertz CT molecular complexity index is 741. The number of rotatable bonds is 4. The number of fused-ring (bicyclic) bond motifs is 1. The summed E-state index contributed by atoms with van der Waals surface area (Å²) < 4.78 is 7.30. The first-order valence-corrected chi connectivity index (χ1v) is 6.69. The third-order valence-corrected chi connectivity index (χ3v) is 3.06. The molecule has 0 N–H and O–H groups in total. The summed E-state index contributed by atoms with van der Waals surface area (Å²) in [7, 11) is 0. The van der Waals surface area contributed by atoms with Crippen molar-refractivity contribution in [2.75, 3.05) is 6.61 Å². The van der Waals surface area contributed by atoms with Gasteiger partial charge in [-0.15, -0.1) is 0 Å². The van der Waals surface area contributed by atoms with Gasteiger partial charge < -0.3 is 4.74 Å². The first kappa shape index (κ1) is 13.0. The van der Waals surface area contributed by atoms with E-state index in [-0.39, 0.29) is 0 Å². The summed E-state index contributed by atoms with van der Waals surface area (Å²) in [6, 6.07) is 7.59. The van der Waals surface area contributed by atoms with E-state index in [1.165, 1.54) is 0 Å². The van der Waals surface area contributed by atoms with Crippen LogP contribution in [0, 0.1) is 0 Å². The number of nitrogens with zero attached hydrogens (tertiary/aromatic N) is 4. The molecule has 0 atom stereocenters. The molecule has 0 aromatic carbocycles. The molecule has 0 bridgehead atoms. The standard InChI is InChI=1S/C14H13ClN4O/c1-2-20-9-13-17-10(8-12(15)18-13)11-4-3-5-14-16-6-7-19(11)14/h3-8H,2,9H2,1H3. The van der Waals surface area contributed by atoms with Gasteiger partial charge in [0.2, 0.25) is 0 Å². The molecule has 20 heavy (non-hydrogen) atoms. The lowest BCUT2D eigenvalue weighted by molar-refractivity contribution is 0.128. The molecule has 0 fully saturated rings. The third kappa shape index (κ3) is 2.50. The van der Waals surface area contributed by atoms with Crippen molar-refractivity contribution in [1.82, 2.24) is 19.4 Å². The van der Waals surface area contributed by atoms with E-state index in [0.717, 1.165) is 17.0 Å². The van der Waals surface area contributed by atoms with Crippen molar-refractivity contribution in [2.24, 2.45) is 0 Å². The van der Waals surface area contributed by atoms with E-state index in [2.05, 4.69) is 15.0 Å². The average molecular weight is 289 g/mol. The fraction of sp³-hybridized carbons (Fsp3) is 0.214. The SMILES string of the molecule is CCOCc1nc(Cl)cc(-c2cccc3nccn23)n1. The number of hydrogen-bond acceptors (Lipinski definition) is 4. The van der Waals surface area contributed by atoms with Crippen LogP contribution in [-0.2, 0) is 11.3 Å². The van der Waals surface area contributed by atoms with E-state index >= 15 is 0 Å². The number of hydrogen-bond donors (Lipinski definition) is 0. The van der Waals surface area contributed by atoms with Crippen LogP contribution in [0.3, 0.4) is 0 Å². The predicted molar refractivity (Wildman–Crippen MR) is 76.6 cm³/mol. The molecular weight excluding hydrogens is 276 g/mol. The molecule has 0 radical (unpaired) electrons. The van der Waals surface area contributed by atoms with Crippen molar-refractivity contribution in [3.05, 3.63) is 47.6 Å². The van der Waals surface area contributed by atoms with E-state index in [4.69, 9.17) is 16.3 Å². The maximum atomic E-state index is 6.07. The molecule has 0 amide bonds. The first-order chi connectivity index (χ1) is 9.78. The lowest BCUT2D eigenvalue weighted by atomic mass is 10.2. The van der Waals surface area contributed by atoms with Crippen LogP contribution >= 0.6 is 11.6 Å². The second-order valence-corrected chi connectivity index (χ2v) is 4.58. The first-order valence-electron chi connectivity index (χ1n) is 6.31. The van der Waals surface area contributed by atoms with Gasteiger partial charge in [0, 0.05) is 25.1 Å². The molecule has 0 aliphatic carbocycles. The molecule has 0 aliphatic heterocycles. The van der Waals surface area contributed by atoms with Crippen LogP contribution in [0.15, 0.2) is 36.7 Å². The highest BCUT2D eigenvalue weighted by Crippen LogP contribution is 2.21. The Morgan fingerprint density at radius 2 is 2.20 bits per heavy atom. The average Bonchev–Trinajstić information content (AvgIpc) is 2.92. The Kier molecular flexibility index (Phi) is 3.62. The van der Waals surface area contributed by atoms with Crippen molar-refractivity contribution in [1.29, 1.82) is 0 Å². The van der Waals surface area contributed by atoms with Crippen molar-refractivity contribution in [3.63, 3.8) is 0 Å². The van der Waals surface area contributed by atoms with Gasteiger partial charge in [0.15, 0.2) is 5.82 Å². The lowest BCUT2D eigenvalue weighted by Gasteiger charge is -2.07. The van der Waals surface area contributed by atoms with Crippen LogP contribution in [0.1, 0.15) is 12.7 Å². The smallest absolute Gasteiger partial charge is 0.156 e. The van der Waals surface area contributed by atoms with Crippen molar-refractivity contribution < 1.29 is 4.74 Å². The van der Waals surface area contributed by atoms with Crippen LogP contribution in [0.5, 0.6) is 0 Å². The fourth-order valence-electron chi connectivity index (χ4n) is 2.01. The summed E-state index contributed by atoms with van der Waals surface area (Å²) in [6.07, 6.45) is 3.64. The van der Waals surface area contributed by atoms with E-state index in [1.54, 1.807) is 12.3 Å². The van der Waals surface area contributed by atoms with E-state index in [0.29, 0.717) is 24.2 Å². The number of aromatic nitrogens is 4. The second kappa shape index (κ2) is 5.56. The summed E-state index contributed by atoms with van der Waals surface area (Å²) in [5.74, 6) is 0.575. The Morgan fingerprint density at radius 3 is 3.05 bits per heavy atom. The summed E-state index contributed by atoms with van der Waals surface area (Å²) in [5, 5.41) is 0.404. The molecule has 6 heteroatoms. The van der Waals surface area contributed by atoms with Gasteiger partial charge in [0.25, 0.3) is 0 Å². The highest BCUT2D eigenvalue weighted by Gasteiger charge is 2.09. The fourth-order valence-corrected chi connectivity index (χ4v) is 2.21. The summed E-state index contributed by atoms with van der Waals surface area (Å²) >= 11 is 6.07. The van der Waals surface area contributed by atoms with Crippen LogP contribution < -0.4 is 0 Å². The maximum absolute atomic E-state index is 6.07. The van der Waals surface area contributed by atoms with Gasteiger partial charge in [-0.25, -0.2) is 15.0 Å². The third-order valence-electron chi connectivity index (χ3n) is 2.87. The highest BCUT2D eigenvalue weighted by molar-refractivity contribution is 6.29. The molecule has 0 aliphatic rings. The topological polar surface area (TPSA) is 52.3 Å². The van der Waals surface area contributed by atoms with Gasteiger partial charge in [0.05, 0.1) is 11.4 Å². The number of pyridine rings is 1. The molecule has 3 aromatic rings. The quantitative estimate of drug-likeness (QED) is 0.693. The van der Waals surface area contributed by atoms with Crippen molar-refractivity contribution in [2.45, 2.75) is 13.5 Å². The van der Waals surface area contributed by atoms with E-state index < -0.39 is 0 Å². The van der Waals surface area contributed by atoms with Gasteiger partial charge in [-0.2, -0.15) is 0 Å². The molecule has 0 spiro atoms. The van der Waals surface area contributed by atoms with Gasteiger partial charge in [0.1, 0.15) is 17.4 Å². The second-order valence-electron chi connectivity index (χ2n) is 4.20. The molecule has 0 saturated heterocycles. The number of imidazole rings is 1. The zero-order valence-electron chi connectivity index (χ0n) is 11.0. The molecule has 3 heterocycles. The Morgan fingerprint density at radius 1 is 1.30 bits per heavy atom. The summed E-state index contributed by atoms with van der Waals surface area (Å²) in [5.41, 5.74) is 2.54. The predicted octanol–water partition coefficient (Wildman–Crippen LogP) is 2.98. The molecule has 0 saturated carbocycles. The van der Waals surface area contributed by atoms with Crippen molar-refractivity contribution >= 4 is 17.2 Å². The minimum Gasteiger partial charge on any atom is -0.374 e. The molecule has 102 valence electrons. The van der Waals surface area contributed by atoms with Gasteiger partial charge in [-0.1, -0.05) is 17.7 Å². The zero-order chi connectivity index (χ0) is 13.9. The largest absolute Gasteiger partial charge is 0.374 e. The minimum absolute atomic E-state index is 0.351. The van der Waals surface area contributed by atoms with Gasteiger partial charge in [-0.05, 0) is 19.1 Å². The molecule has 3 rings (SSSR count). The van der Waals surface area contributed by atoms with E-state index in [9.17, 15) is 0 Å². The van der Waals surface area contributed by atoms with Gasteiger partial charge in [-0.3, -0.25) is 4.40 Å². The maximum Gasteiger partial charge on any atom is 0.156 e. The Hall–Kier alpha value is -1.98. The van der Waals surface area contributed by atoms with Crippen LogP contribution in [0.2, 0.25) is 5.15 Å². The summed E-state index contributed by atoms with van der Waals surface area (Å²) in [6.45, 7) is 2.89. The van der Waals surface area contributed by atoms with Crippen LogP contribution in [0.25, 0.3) is 17.0 Å². The minimum atomic E-state index is 0.351. The molecule has 3 aromatic heterocycles. The van der Waals surface area contributed by atoms with Crippen molar-refractivity contribution in [3.8, 4) is 11.4 Å².